The Labute approximate surface area is 199 Å². The van der Waals surface area contributed by atoms with Gasteiger partial charge in [0.15, 0.2) is 0 Å². The lowest BCUT2D eigenvalue weighted by atomic mass is 10.00. The number of ether oxygens (including phenoxy) is 1. The lowest BCUT2D eigenvalue weighted by Crippen LogP contribution is -2.42. The number of aromatic nitrogens is 3. The molecule has 3 aromatic rings. The van der Waals surface area contributed by atoms with Crippen LogP contribution < -0.4 is 4.90 Å². The molecule has 0 radical (unpaired) electrons. The summed E-state index contributed by atoms with van der Waals surface area (Å²) in [5, 5.41) is 11.3. The summed E-state index contributed by atoms with van der Waals surface area (Å²) in [6, 6.07) is 5.73. The normalized spacial score (nSPS) is 18.7. The first-order valence-electron chi connectivity index (χ1n) is 11.5. The smallest absolute Gasteiger partial charge is 0.471 e. The van der Waals surface area contributed by atoms with Crippen LogP contribution in [0.2, 0.25) is 0 Å². The summed E-state index contributed by atoms with van der Waals surface area (Å²) in [5.41, 5.74) is 3.37. The second kappa shape index (κ2) is 9.03. The Morgan fingerprint density at radius 3 is 2.69 bits per heavy atom. The van der Waals surface area contributed by atoms with Gasteiger partial charge in [0.05, 0.1) is 23.6 Å². The number of benzene rings is 1. The molecule has 1 atom stereocenters. The Morgan fingerprint density at radius 2 is 1.97 bits per heavy atom. The molecule has 1 aromatic carbocycles. The molecular weight excluding hydrogens is 463 g/mol. The van der Waals surface area contributed by atoms with Gasteiger partial charge in [0.1, 0.15) is 0 Å². The third-order valence-corrected chi connectivity index (χ3v) is 6.81. The standard InChI is InChI=1S/C24H26F3N5O3/c1-35-18-6-9-31(13-18)23-28-11-19-20(29-23)14-32(21(19)33)12-15-2-3-16-4-7-30(8-5-17(16)10-15)22(34)24(25,26)27/h2-3,10-11,14,18,33H,4-9,12-13H2,1H3/t18-/m0/s1. The van der Waals surface area contributed by atoms with Crippen molar-refractivity contribution in [3.63, 3.8) is 0 Å². The third kappa shape index (κ3) is 4.64. The summed E-state index contributed by atoms with van der Waals surface area (Å²) in [6.07, 6.45) is 0.303. The van der Waals surface area contributed by atoms with Crippen molar-refractivity contribution in [1.29, 1.82) is 0 Å². The maximum Gasteiger partial charge on any atom is 0.471 e. The minimum atomic E-state index is -4.86. The highest BCUT2D eigenvalue weighted by atomic mass is 19.4. The Bertz CT molecular complexity index is 1260. The van der Waals surface area contributed by atoms with Gasteiger partial charge in [0.25, 0.3) is 0 Å². The van der Waals surface area contributed by atoms with Gasteiger partial charge in [0.2, 0.25) is 11.8 Å². The van der Waals surface area contributed by atoms with Gasteiger partial charge >= 0.3 is 12.1 Å². The van der Waals surface area contributed by atoms with Gasteiger partial charge in [-0.3, -0.25) is 4.79 Å². The van der Waals surface area contributed by atoms with Crippen molar-refractivity contribution < 1.29 is 27.8 Å². The molecule has 0 bridgehead atoms. The van der Waals surface area contributed by atoms with E-state index in [0.717, 1.165) is 41.1 Å². The molecule has 11 heteroatoms. The minimum Gasteiger partial charge on any atom is -0.494 e. The van der Waals surface area contributed by atoms with E-state index in [-0.39, 0.29) is 25.1 Å². The topological polar surface area (TPSA) is 83.7 Å². The number of rotatable bonds is 4. The number of carbonyl (C=O) groups excluding carboxylic acids is 1. The van der Waals surface area contributed by atoms with Crippen molar-refractivity contribution in [1.82, 2.24) is 19.4 Å². The van der Waals surface area contributed by atoms with Gasteiger partial charge in [-0.05, 0) is 36.0 Å². The summed E-state index contributed by atoms with van der Waals surface area (Å²) in [5.74, 6) is -1.14. The van der Waals surface area contributed by atoms with Gasteiger partial charge in [-0.15, -0.1) is 0 Å². The summed E-state index contributed by atoms with van der Waals surface area (Å²) >= 11 is 0. The fourth-order valence-corrected chi connectivity index (χ4v) is 4.85. The number of anilines is 1. The van der Waals surface area contributed by atoms with Crippen LogP contribution >= 0.6 is 0 Å². The van der Waals surface area contributed by atoms with Crippen molar-refractivity contribution in [2.24, 2.45) is 0 Å². The zero-order valence-corrected chi connectivity index (χ0v) is 19.3. The molecule has 186 valence electrons. The van der Waals surface area contributed by atoms with Gasteiger partial charge in [-0.1, -0.05) is 18.2 Å². The van der Waals surface area contributed by atoms with E-state index < -0.39 is 12.1 Å². The first-order valence-corrected chi connectivity index (χ1v) is 11.5. The van der Waals surface area contributed by atoms with Crippen LogP contribution in [0.5, 0.6) is 5.88 Å². The molecule has 35 heavy (non-hydrogen) atoms. The van der Waals surface area contributed by atoms with Gasteiger partial charge < -0.3 is 24.2 Å². The highest BCUT2D eigenvalue weighted by Crippen LogP contribution is 2.29. The Kier molecular flexibility index (Phi) is 6.04. The fourth-order valence-electron chi connectivity index (χ4n) is 4.85. The monoisotopic (exact) mass is 489 g/mol. The fraction of sp³-hybridized carbons (Fsp3) is 0.458. The maximum atomic E-state index is 12.8. The van der Waals surface area contributed by atoms with Crippen LogP contribution in [-0.2, 0) is 28.9 Å². The molecule has 1 fully saturated rings. The summed E-state index contributed by atoms with van der Waals surface area (Å²) in [6.45, 7) is 1.95. The molecule has 1 amide bonds. The van der Waals surface area contributed by atoms with E-state index in [2.05, 4.69) is 14.9 Å². The average Bonchev–Trinajstić information content (AvgIpc) is 3.36. The van der Waals surface area contributed by atoms with Gasteiger partial charge in [-0.2, -0.15) is 13.2 Å². The Morgan fingerprint density at radius 1 is 1.20 bits per heavy atom. The van der Waals surface area contributed by atoms with E-state index in [1.54, 1.807) is 24.1 Å². The molecule has 8 nitrogen and oxygen atoms in total. The molecule has 1 saturated heterocycles. The summed E-state index contributed by atoms with van der Waals surface area (Å²) in [4.78, 5) is 23.6. The second-order valence-electron chi connectivity index (χ2n) is 9.03. The number of fused-ring (bicyclic) bond motifs is 2. The van der Waals surface area contributed by atoms with Crippen LogP contribution in [0.3, 0.4) is 0 Å². The lowest BCUT2D eigenvalue weighted by molar-refractivity contribution is -0.185. The molecule has 0 unspecified atom stereocenters. The largest absolute Gasteiger partial charge is 0.494 e. The predicted octanol–water partition coefficient (Wildman–Crippen LogP) is 2.90. The second-order valence-corrected chi connectivity index (χ2v) is 9.03. The molecule has 2 aliphatic heterocycles. The molecule has 5 rings (SSSR count). The highest BCUT2D eigenvalue weighted by molar-refractivity contribution is 5.84. The van der Waals surface area contributed by atoms with Crippen molar-refractivity contribution >= 4 is 22.8 Å². The molecule has 0 aliphatic carbocycles. The number of amides is 1. The Balaban J connectivity index is 1.33. The molecule has 0 spiro atoms. The molecule has 4 heterocycles. The molecular formula is C24H26F3N5O3. The summed E-state index contributed by atoms with van der Waals surface area (Å²) in [7, 11) is 1.69. The lowest BCUT2D eigenvalue weighted by Gasteiger charge is -2.21. The molecule has 2 aromatic heterocycles. The molecule has 0 saturated carbocycles. The third-order valence-electron chi connectivity index (χ3n) is 6.81. The van der Waals surface area contributed by atoms with Crippen molar-refractivity contribution in [3.8, 4) is 5.88 Å². The van der Waals surface area contributed by atoms with Gasteiger partial charge in [-0.25, -0.2) is 9.97 Å². The average molecular weight is 489 g/mol. The number of hydrogen-bond donors (Lipinski definition) is 1. The molecule has 1 N–H and O–H groups in total. The predicted molar refractivity (Wildman–Crippen MR) is 122 cm³/mol. The van der Waals surface area contributed by atoms with E-state index in [1.165, 1.54) is 0 Å². The van der Waals surface area contributed by atoms with Crippen LogP contribution in [0.25, 0.3) is 10.9 Å². The first kappa shape index (κ1) is 23.4. The number of alkyl halides is 3. The zero-order valence-electron chi connectivity index (χ0n) is 19.3. The minimum absolute atomic E-state index is 0.0201. The Hall–Kier alpha value is -3.34. The number of aromatic hydroxyl groups is 1. The van der Waals surface area contributed by atoms with Crippen molar-refractivity contribution in [2.75, 3.05) is 38.2 Å². The van der Waals surface area contributed by atoms with E-state index >= 15 is 0 Å². The zero-order chi connectivity index (χ0) is 24.7. The van der Waals surface area contributed by atoms with Crippen molar-refractivity contribution in [3.05, 3.63) is 47.3 Å². The number of carbonyl (C=O) groups is 1. The highest BCUT2D eigenvalue weighted by Gasteiger charge is 2.42. The van der Waals surface area contributed by atoms with Crippen LogP contribution in [-0.4, -0.2) is 76.0 Å². The van der Waals surface area contributed by atoms with Crippen molar-refractivity contribution in [2.45, 2.75) is 38.1 Å². The van der Waals surface area contributed by atoms with E-state index in [9.17, 15) is 23.1 Å². The quantitative estimate of drug-likeness (QED) is 0.607. The maximum absolute atomic E-state index is 12.8. The number of nitrogens with zero attached hydrogens (tertiary/aromatic N) is 5. The van der Waals surface area contributed by atoms with Crippen LogP contribution in [0.15, 0.2) is 30.6 Å². The molecule has 2 aliphatic rings. The van der Waals surface area contributed by atoms with Crippen LogP contribution in [0, 0.1) is 0 Å². The summed E-state index contributed by atoms with van der Waals surface area (Å²) < 4.78 is 45.6. The number of methoxy groups -OCH3 is 1. The van der Waals surface area contributed by atoms with E-state index in [4.69, 9.17) is 4.74 Å². The van der Waals surface area contributed by atoms with Crippen LogP contribution in [0.1, 0.15) is 23.1 Å². The van der Waals surface area contributed by atoms with Crippen LogP contribution in [0.4, 0.5) is 19.1 Å². The first-order chi connectivity index (χ1) is 16.7. The number of halogens is 3. The number of hydrogen-bond acceptors (Lipinski definition) is 6. The van der Waals surface area contributed by atoms with E-state index in [0.29, 0.717) is 36.2 Å². The van der Waals surface area contributed by atoms with E-state index in [1.807, 2.05) is 18.2 Å². The SMILES string of the molecule is CO[C@H]1CCN(c2ncc3c(O)n(Cc4ccc5c(c4)CCN(C(=O)C(F)(F)F)CC5)cc3n2)C1. The van der Waals surface area contributed by atoms with Gasteiger partial charge in [0, 0.05) is 45.7 Å².